The average Bonchev–Trinajstić information content (AvgIpc) is 2.26. The first-order chi connectivity index (χ1) is 7.27. The molecule has 0 radical (unpaired) electrons. The molecule has 0 aliphatic carbocycles. The van der Waals surface area contributed by atoms with Crippen LogP contribution in [0, 0.1) is 6.92 Å². The maximum atomic E-state index is 4.38. The molecule has 1 rings (SSSR count). The van der Waals surface area contributed by atoms with E-state index < -0.39 is 0 Å². The molecule has 84 valence electrons. The fourth-order valence-electron chi connectivity index (χ4n) is 1.74. The molecular formula is C13H22N2. The minimum Gasteiger partial charge on any atom is -0.308 e. The van der Waals surface area contributed by atoms with Gasteiger partial charge in [-0.15, -0.1) is 0 Å². The maximum absolute atomic E-state index is 4.38. The third kappa shape index (κ3) is 4.00. The van der Waals surface area contributed by atoms with Crippen molar-refractivity contribution in [2.45, 2.75) is 52.6 Å². The van der Waals surface area contributed by atoms with E-state index in [1.54, 1.807) is 0 Å². The van der Waals surface area contributed by atoms with E-state index in [4.69, 9.17) is 0 Å². The van der Waals surface area contributed by atoms with Crippen LogP contribution < -0.4 is 5.32 Å². The summed E-state index contributed by atoms with van der Waals surface area (Å²) < 4.78 is 0. The number of hydrogen-bond donors (Lipinski definition) is 1. The molecule has 1 atom stereocenters. The van der Waals surface area contributed by atoms with Gasteiger partial charge >= 0.3 is 0 Å². The second kappa shape index (κ2) is 6.57. The molecular weight excluding hydrogens is 184 g/mol. The second-order valence-corrected chi connectivity index (χ2v) is 4.04. The van der Waals surface area contributed by atoms with Crippen LogP contribution in [-0.2, 0) is 6.54 Å². The Kier molecular flexibility index (Phi) is 5.33. The number of rotatable bonds is 6. The minimum atomic E-state index is 0.636. The first kappa shape index (κ1) is 12.2. The first-order valence-corrected chi connectivity index (χ1v) is 5.91. The maximum Gasteiger partial charge on any atom is 0.0570 e. The van der Waals surface area contributed by atoms with E-state index in [2.05, 4.69) is 37.1 Å². The highest BCUT2D eigenvalue weighted by Gasteiger charge is 2.05. The Bertz CT molecular complexity index is 284. The molecule has 0 spiro atoms. The van der Waals surface area contributed by atoms with E-state index in [9.17, 15) is 0 Å². The summed E-state index contributed by atoms with van der Waals surface area (Å²) in [7, 11) is 0. The fourth-order valence-corrected chi connectivity index (χ4v) is 1.74. The summed E-state index contributed by atoms with van der Waals surface area (Å²) in [5, 5.41) is 3.56. The smallest absolute Gasteiger partial charge is 0.0570 e. The third-order valence-corrected chi connectivity index (χ3v) is 2.81. The first-order valence-electron chi connectivity index (χ1n) is 5.91. The van der Waals surface area contributed by atoms with Crippen LogP contribution in [0.3, 0.4) is 0 Å². The van der Waals surface area contributed by atoms with Crippen LogP contribution in [0.5, 0.6) is 0 Å². The topological polar surface area (TPSA) is 24.9 Å². The van der Waals surface area contributed by atoms with E-state index in [1.165, 1.54) is 30.5 Å². The molecule has 0 saturated carbocycles. The molecule has 2 nitrogen and oxygen atoms in total. The van der Waals surface area contributed by atoms with E-state index >= 15 is 0 Å². The number of aromatic nitrogens is 1. The van der Waals surface area contributed by atoms with Crippen molar-refractivity contribution in [3.8, 4) is 0 Å². The molecule has 2 heteroatoms. The van der Waals surface area contributed by atoms with Gasteiger partial charge in [-0.25, -0.2) is 0 Å². The van der Waals surface area contributed by atoms with Crippen molar-refractivity contribution in [2.75, 3.05) is 0 Å². The lowest BCUT2D eigenvalue weighted by atomic mass is 10.1. The molecule has 0 aliphatic rings. The SMILES string of the molecule is CCCC(CC)NCc1ncccc1C. The monoisotopic (exact) mass is 206 g/mol. The molecule has 1 aromatic heterocycles. The Labute approximate surface area is 93.1 Å². The molecule has 1 heterocycles. The fraction of sp³-hybridized carbons (Fsp3) is 0.615. The van der Waals surface area contributed by atoms with Crippen molar-refractivity contribution in [3.05, 3.63) is 29.6 Å². The van der Waals surface area contributed by atoms with Crippen molar-refractivity contribution in [3.63, 3.8) is 0 Å². The summed E-state index contributed by atoms with van der Waals surface area (Å²) in [5.74, 6) is 0. The van der Waals surface area contributed by atoms with E-state index in [1.807, 2.05) is 12.3 Å². The zero-order chi connectivity index (χ0) is 11.1. The molecule has 1 aromatic rings. The Balaban J connectivity index is 2.45. The number of aryl methyl sites for hydroxylation is 1. The van der Waals surface area contributed by atoms with Crippen LogP contribution in [0.15, 0.2) is 18.3 Å². The molecule has 0 aromatic carbocycles. The van der Waals surface area contributed by atoms with Crippen LogP contribution in [0.25, 0.3) is 0 Å². The minimum absolute atomic E-state index is 0.636. The van der Waals surface area contributed by atoms with Gasteiger partial charge in [0.05, 0.1) is 5.69 Å². The van der Waals surface area contributed by atoms with Crippen LogP contribution in [-0.4, -0.2) is 11.0 Å². The van der Waals surface area contributed by atoms with Gasteiger partial charge in [0.25, 0.3) is 0 Å². The Morgan fingerprint density at radius 3 is 2.80 bits per heavy atom. The largest absolute Gasteiger partial charge is 0.308 e. The molecule has 15 heavy (non-hydrogen) atoms. The summed E-state index contributed by atoms with van der Waals surface area (Å²) in [6.07, 6.45) is 5.56. The van der Waals surface area contributed by atoms with Crippen molar-refractivity contribution >= 4 is 0 Å². The predicted molar refractivity (Wildman–Crippen MR) is 64.8 cm³/mol. The molecule has 1 unspecified atom stereocenters. The number of nitrogens with zero attached hydrogens (tertiary/aromatic N) is 1. The average molecular weight is 206 g/mol. The van der Waals surface area contributed by atoms with Crippen molar-refractivity contribution in [1.82, 2.24) is 10.3 Å². The lowest BCUT2D eigenvalue weighted by Crippen LogP contribution is -2.28. The van der Waals surface area contributed by atoms with Crippen molar-refractivity contribution < 1.29 is 0 Å². The number of pyridine rings is 1. The molecule has 1 N–H and O–H groups in total. The van der Waals surface area contributed by atoms with Crippen LogP contribution in [0.2, 0.25) is 0 Å². The number of nitrogens with one attached hydrogen (secondary N) is 1. The lowest BCUT2D eigenvalue weighted by Gasteiger charge is -2.16. The predicted octanol–water partition coefficient (Wildman–Crippen LogP) is 3.06. The molecule has 0 bridgehead atoms. The van der Waals surface area contributed by atoms with Crippen LogP contribution in [0.1, 0.15) is 44.4 Å². The zero-order valence-corrected chi connectivity index (χ0v) is 10.1. The number of hydrogen-bond acceptors (Lipinski definition) is 2. The molecule has 0 saturated heterocycles. The van der Waals surface area contributed by atoms with Crippen molar-refractivity contribution in [1.29, 1.82) is 0 Å². The van der Waals surface area contributed by atoms with Crippen LogP contribution in [0.4, 0.5) is 0 Å². The van der Waals surface area contributed by atoms with Gasteiger partial charge in [-0.1, -0.05) is 26.3 Å². The Hall–Kier alpha value is -0.890. The highest BCUT2D eigenvalue weighted by Crippen LogP contribution is 2.06. The molecule has 0 amide bonds. The summed E-state index contributed by atoms with van der Waals surface area (Å²) >= 11 is 0. The normalized spacial score (nSPS) is 12.7. The molecule has 0 fully saturated rings. The van der Waals surface area contributed by atoms with E-state index in [-0.39, 0.29) is 0 Å². The van der Waals surface area contributed by atoms with Gasteiger partial charge in [0.2, 0.25) is 0 Å². The lowest BCUT2D eigenvalue weighted by molar-refractivity contribution is 0.459. The van der Waals surface area contributed by atoms with Gasteiger partial charge in [-0.3, -0.25) is 4.98 Å². The van der Waals surface area contributed by atoms with Crippen molar-refractivity contribution in [2.24, 2.45) is 0 Å². The second-order valence-electron chi connectivity index (χ2n) is 4.04. The van der Waals surface area contributed by atoms with Gasteiger partial charge in [0.1, 0.15) is 0 Å². The van der Waals surface area contributed by atoms with Gasteiger partial charge in [0, 0.05) is 18.8 Å². The van der Waals surface area contributed by atoms with Gasteiger partial charge < -0.3 is 5.32 Å². The Morgan fingerprint density at radius 2 is 2.20 bits per heavy atom. The van der Waals surface area contributed by atoms with Gasteiger partial charge in [-0.05, 0) is 31.4 Å². The van der Waals surface area contributed by atoms with Gasteiger partial charge in [0.15, 0.2) is 0 Å². The highest BCUT2D eigenvalue weighted by atomic mass is 14.9. The summed E-state index contributed by atoms with van der Waals surface area (Å²) in [5.41, 5.74) is 2.45. The summed E-state index contributed by atoms with van der Waals surface area (Å²) in [6, 6.07) is 4.74. The molecule has 0 aliphatic heterocycles. The van der Waals surface area contributed by atoms with E-state index in [0.29, 0.717) is 6.04 Å². The van der Waals surface area contributed by atoms with Crippen LogP contribution >= 0.6 is 0 Å². The summed E-state index contributed by atoms with van der Waals surface area (Å²) in [6.45, 7) is 7.48. The third-order valence-electron chi connectivity index (χ3n) is 2.81. The summed E-state index contributed by atoms with van der Waals surface area (Å²) in [4.78, 5) is 4.38. The zero-order valence-electron chi connectivity index (χ0n) is 10.1. The standard InChI is InChI=1S/C13H22N2/c1-4-7-12(5-2)15-10-13-11(3)8-6-9-14-13/h6,8-9,12,15H,4-5,7,10H2,1-3H3. The highest BCUT2D eigenvalue weighted by molar-refractivity contribution is 5.17. The van der Waals surface area contributed by atoms with E-state index in [0.717, 1.165) is 6.54 Å². The Morgan fingerprint density at radius 1 is 1.40 bits per heavy atom. The van der Waals surface area contributed by atoms with Gasteiger partial charge in [-0.2, -0.15) is 0 Å². The quantitative estimate of drug-likeness (QED) is 0.773.